The molecule has 5 rings (SSSR count). The number of esters is 1. The van der Waals surface area contributed by atoms with Crippen molar-refractivity contribution in [1.82, 2.24) is 30.3 Å². The van der Waals surface area contributed by atoms with E-state index in [0.717, 1.165) is 41.9 Å². The Labute approximate surface area is 214 Å². The molecule has 4 heterocycles. The lowest BCUT2D eigenvalue weighted by Gasteiger charge is -2.34. The Morgan fingerprint density at radius 2 is 2.24 bits per heavy atom. The summed E-state index contributed by atoms with van der Waals surface area (Å²) in [4.78, 5) is 31.2. The number of amides is 1. The van der Waals surface area contributed by atoms with Crippen molar-refractivity contribution in [3.8, 4) is 17.6 Å². The van der Waals surface area contributed by atoms with Gasteiger partial charge in [0, 0.05) is 62.7 Å². The lowest BCUT2D eigenvalue weighted by atomic mass is 9.93. The maximum atomic E-state index is 12.7. The maximum absolute atomic E-state index is 12.7. The molecule has 1 fully saturated rings. The number of hydrogen-bond acceptors (Lipinski definition) is 9. The van der Waals surface area contributed by atoms with Gasteiger partial charge in [0.1, 0.15) is 24.0 Å². The molecule has 3 aromatic rings. The summed E-state index contributed by atoms with van der Waals surface area (Å²) >= 11 is 0. The van der Waals surface area contributed by atoms with Crippen LogP contribution in [0.15, 0.2) is 30.6 Å². The fourth-order valence-electron chi connectivity index (χ4n) is 4.91. The number of nitrogens with one attached hydrogen (secondary N) is 2. The van der Waals surface area contributed by atoms with Gasteiger partial charge in [-0.1, -0.05) is 6.07 Å². The van der Waals surface area contributed by atoms with Crippen LogP contribution < -0.4 is 15.4 Å². The van der Waals surface area contributed by atoms with Crippen LogP contribution in [0.25, 0.3) is 5.82 Å². The Kier molecular flexibility index (Phi) is 6.60. The number of cyclic esters (lactones) is 1. The second-order valence-corrected chi connectivity index (χ2v) is 9.01. The number of benzene rings is 1. The van der Waals surface area contributed by atoms with E-state index in [4.69, 9.17) is 9.47 Å². The van der Waals surface area contributed by atoms with Crippen LogP contribution >= 0.6 is 0 Å². The van der Waals surface area contributed by atoms with E-state index in [9.17, 15) is 14.9 Å². The molecule has 1 aromatic carbocycles. The minimum atomic E-state index is -0.292. The van der Waals surface area contributed by atoms with Crippen molar-refractivity contribution in [3.05, 3.63) is 69.7 Å². The van der Waals surface area contributed by atoms with Crippen molar-refractivity contribution in [2.45, 2.75) is 26.1 Å². The first-order valence-electron chi connectivity index (χ1n) is 11.9. The van der Waals surface area contributed by atoms with Crippen LogP contribution in [0.5, 0.6) is 5.75 Å². The largest absolute Gasteiger partial charge is 0.495 e. The number of nitrogens with zero attached hydrogens (tertiary/aromatic N) is 5. The van der Waals surface area contributed by atoms with Gasteiger partial charge in [0.15, 0.2) is 11.5 Å². The first kappa shape index (κ1) is 24.4. The number of hydrogen-bond donors (Lipinski definition) is 2. The van der Waals surface area contributed by atoms with Gasteiger partial charge in [0.25, 0.3) is 5.91 Å². The van der Waals surface area contributed by atoms with Crippen LogP contribution in [-0.4, -0.2) is 65.3 Å². The van der Waals surface area contributed by atoms with Crippen LogP contribution in [0.1, 0.15) is 54.7 Å². The zero-order valence-electron chi connectivity index (χ0n) is 20.9. The number of fused-ring (bicyclic) bond motifs is 1. The summed E-state index contributed by atoms with van der Waals surface area (Å²) in [5.74, 6) is 0.264. The number of rotatable bonds is 6. The van der Waals surface area contributed by atoms with Gasteiger partial charge in [-0.2, -0.15) is 10.4 Å². The van der Waals surface area contributed by atoms with E-state index in [-0.39, 0.29) is 17.9 Å². The summed E-state index contributed by atoms with van der Waals surface area (Å²) in [6, 6.07) is 7.58. The highest BCUT2D eigenvalue weighted by Crippen LogP contribution is 2.30. The van der Waals surface area contributed by atoms with Crippen LogP contribution in [0.4, 0.5) is 0 Å². The standard InChI is InChI=1S/C26H27N7O4/c1-15-18(4-5-19-20(15)14-37-26(19)35)21-13-32(7-6-29-21)11-17-12-33(31-24(17)25(34)28-2)23-8-22(36-3)16(9-27)10-30-23/h4-5,8,10,12,21,29H,6-7,11,13-14H2,1-3H3,(H,28,34)/t21-/m0/s1. The van der Waals surface area contributed by atoms with Gasteiger partial charge in [0.2, 0.25) is 0 Å². The van der Waals surface area contributed by atoms with Gasteiger partial charge in [-0.25, -0.2) is 14.5 Å². The predicted molar refractivity (Wildman–Crippen MR) is 132 cm³/mol. The van der Waals surface area contributed by atoms with Crippen molar-refractivity contribution in [2.75, 3.05) is 33.8 Å². The summed E-state index contributed by atoms with van der Waals surface area (Å²) < 4.78 is 12.0. The molecule has 1 atom stereocenters. The second kappa shape index (κ2) is 10.0. The summed E-state index contributed by atoms with van der Waals surface area (Å²) in [5, 5.41) is 20.0. The quantitative estimate of drug-likeness (QED) is 0.483. The Bertz CT molecular complexity index is 1430. The highest BCUT2D eigenvalue weighted by molar-refractivity contribution is 5.94. The molecular weight excluding hydrogens is 474 g/mol. The molecule has 1 saturated heterocycles. The van der Waals surface area contributed by atoms with E-state index in [1.165, 1.54) is 18.0 Å². The van der Waals surface area contributed by atoms with E-state index >= 15 is 0 Å². The number of carbonyl (C=O) groups is 2. The third-order valence-electron chi connectivity index (χ3n) is 6.90. The highest BCUT2D eigenvalue weighted by atomic mass is 16.5. The Balaban J connectivity index is 1.40. The summed E-state index contributed by atoms with van der Waals surface area (Å²) in [5.41, 5.74) is 5.19. The van der Waals surface area contributed by atoms with Gasteiger partial charge in [-0.15, -0.1) is 0 Å². The fraction of sp³-hybridized carbons (Fsp3) is 0.346. The number of piperazine rings is 1. The van der Waals surface area contributed by atoms with Crippen molar-refractivity contribution in [1.29, 1.82) is 5.26 Å². The molecular formula is C26H27N7O4. The lowest BCUT2D eigenvalue weighted by molar-refractivity contribution is 0.0534. The Morgan fingerprint density at radius 3 is 3.00 bits per heavy atom. The molecule has 2 aromatic heterocycles. The molecule has 1 amide bonds. The average Bonchev–Trinajstić information content (AvgIpc) is 3.52. The highest BCUT2D eigenvalue weighted by Gasteiger charge is 2.29. The van der Waals surface area contributed by atoms with Crippen LogP contribution in [-0.2, 0) is 17.9 Å². The molecule has 37 heavy (non-hydrogen) atoms. The van der Waals surface area contributed by atoms with Gasteiger partial charge in [0.05, 0.1) is 18.9 Å². The fourth-order valence-corrected chi connectivity index (χ4v) is 4.91. The molecule has 2 aliphatic rings. The number of pyridine rings is 1. The maximum Gasteiger partial charge on any atom is 0.338 e. The number of aromatic nitrogens is 3. The topological polar surface area (TPSA) is 134 Å². The smallest absolute Gasteiger partial charge is 0.338 e. The van der Waals surface area contributed by atoms with Gasteiger partial charge < -0.3 is 20.1 Å². The number of methoxy groups -OCH3 is 1. The zero-order valence-corrected chi connectivity index (χ0v) is 20.9. The Morgan fingerprint density at radius 1 is 1.41 bits per heavy atom. The van der Waals surface area contributed by atoms with Crippen molar-refractivity contribution >= 4 is 11.9 Å². The summed E-state index contributed by atoms with van der Waals surface area (Å²) in [7, 11) is 3.05. The predicted octanol–water partition coefficient (Wildman–Crippen LogP) is 1.63. The van der Waals surface area contributed by atoms with E-state index in [2.05, 4.69) is 25.6 Å². The average molecular weight is 502 g/mol. The molecule has 0 bridgehead atoms. The molecule has 0 saturated carbocycles. The molecule has 0 radical (unpaired) electrons. The van der Waals surface area contributed by atoms with E-state index in [1.54, 1.807) is 19.3 Å². The van der Waals surface area contributed by atoms with E-state index in [1.807, 2.05) is 25.1 Å². The van der Waals surface area contributed by atoms with Gasteiger partial charge >= 0.3 is 5.97 Å². The Hall–Kier alpha value is -4.27. The molecule has 190 valence electrons. The molecule has 2 N–H and O–H groups in total. The first-order chi connectivity index (χ1) is 17.9. The normalized spacial score (nSPS) is 17.1. The molecule has 0 spiro atoms. The van der Waals surface area contributed by atoms with E-state index < -0.39 is 0 Å². The minimum absolute atomic E-state index is 0.0673. The van der Waals surface area contributed by atoms with E-state index in [0.29, 0.717) is 41.5 Å². The van der Waals surface area contributed by atoms with Crippen LogP contribution in [0, 0.1) is 18.3 Å². The molecule has 11 nitrogen and oxygen atoms in total. The van der Waals surface area contributed by atoms with Crippen molar-refractivity contribution < 1.29 is 19.1 Å². The van der Waals surface area contributed by atoms with Gasteiger partial charge in [-0.3, -0.25) is 9.69 Å². The third kappa shape index (κ3) is 4.52. The van der Waals surface area contributed by atoms with Crippen LogP contribution in [0.2, 0.25) is 0 Å². The SMILES string of the molecule is CNC(=O)c1nn(-c2cc(OC)c(C#N)cn2)cc1CN1CCN[C@H](c2ccc3c(c2C)COC3=O)C1. The zero-order chi connectivity index (χ0) is 26.1. The minimum Gasteiger partial charge on any atom is -0.495 e. The number of carbonyl (C=O) groups excluding carboxylic acids is 2. The van der Waals surface area contributed by atoms with Crippen molar-refractivity contribution in [2.24, 2.45) is 0 Å². The molecule has 11 heteroatoms. The number of ether oxygens (including phenoxy) is 2. The molecule has 0 aliphatic carbocycles. The molecule has 2 aliphatic heterocycles. The summed E-state index contributed by atoms with van der Waals surface area (Å²) in [6.45, 7) is 5.14. The first-order valence-corrected chi connectivity index (χ1v) is 11.9. The van der Waals surface area contributed by atoms with Gasteiger partial charge in [-0.05, 0) is 24.1 Å². The number of nitriles is 1. The summed E-state index contributed by atoms with van der Waals surface area (Å²) in [6.07, 6.45) is 3.21. The molecule has 0 unspecified atom stereocenters. The van der Waals surface area contributed by atoms with Crippen LogP contribution in [0.3, 0.4) is 0 Å². The van der Waals surface area contributed by atoms with Crippen molar-refractivity contribution in [3.63, 3.8) is 0 Å². The monoisotopic (exact) mass is 501 g/mol. The second-order valence-electron chi connectivity index (χ2n) is 9.01. The third-order valence-corrected chi connectivity index (χ3v) is 6.90. The lowest BCUT2D eigenvalue weighted by Crippen LogP contribution is -2.45.